The molecular formula is C26H31NO3. The van der Waals surface area contributed by atoms with Gasteiger partial charge in [-0.25, -0.2) is 0 Å². The quantitative estimate of drug-likeness (QED) is 0.467. The largest absolute Gasteiger partial charge is 0.485 e. The first-order chi connectivity index (χ1) is 14.4. The lowest BCUT2D eigenvalue weighted by Crippen LogP contribution is -2.27. The molecule has 0 aliphatic carbocycles. The van der Waals surface area contributed by atoms with Gasteiger partial charge < -0.3 is 14.5 Å². The first kappa shape index (κ1) is 21.7. The smallest absolute Gasteiger partial charge is 0.287 e. The molecule has 1 heterocycles. The van der Waals surface area contributed by atoms with Crippen molar-refractivity contribution in [1.82, 2.24) is 5.32 Å². The molecule has 0 bridgehead atoms. The van der Waals surface area contributed by atoms with Gasteiger partial charge in [0.1, 0.15) is 18.1 Å². The van der Waals surface area contributed by atoms with Gasteiger partial charge in [-0.05, 0) is 61.1 Å². The van der Waals surface area contributed by atoms with E-state index in [4.69, 9.17) is 9.15 Å². The minimum absolute atomic E-state index is 0.0520. The Balaban J connectivity index is 1.65. The zero-order valence-corrected chi connectivity index (χ0v) is 18.5. The zero-order valence-electron chi connectivity index (χ0n) is 18.5. The molecule has 1 unspecified atom stereocenters. The number of nitrogens with one attached hydrogen (secondary N) is 1. The Hall–Kier alpha value is -3.01. The summed E-state index contributed by atoms with van der Waals surface area (Å²) in [6, 6.07) is 17.9. The Morgan fingerprint density at radius 1 is 1.00 bits per heavy atom. The summed E-state index contributed by atoms with van der Waals surface area (Å²) >= 11 is 0. The van der Waals surface area contributed by atoms with E-state index in [9.17, 15) is 4.79 Å². The molecule has 0 spiro atoms. The van der Waals surface area contributed by atoms with Crippen molar-refractivity contribution in [3.05, 3.63) is 88.4 Å². The molecule has 2 aromatic carbocycles. The fraction of sp³-hybridized carbons (Fsp3) is 0.346. The average Bonchev–Trinajstić information content (AvgIpc) is 3.20. The molecule has 0 aliphatic rings. The number of amides is 1. The molecule has 1 amide bonds. The van der Waals surface area contributed by atoms with Crippen LogP contribution in [0.3, 0.4) is 0 Å². The Labute approximate surface area is 179 Å². The SMILES string of the molecule is CCC(NC(=O)c1ccc(COc2cc(C)ccc2C(C)C)o1)c1ccc(C)cc1. The van der Waals surface area contributed by atoms with Crippen LogP contribution in [-0.2, 0) is 6.61 Å². The average molecular weight is 406 g/mol. The minimum Gasteiger partial charge on any atom is -0.485 e. The Morgan fingerprint density at radius 2 is 1.70 bits per heavy atom. The fourth-order valence-corrected chi connectivity index (χ4v) is 3.42. The monoisotopic (exact) mass is 405 g/mol. The highest BCUT2D eigenvalue weighted by molar-refractivity contribution is 5.91. The van der Waals surface area contributed by atoms with Crippen LogP contribution in [0.15, 0.2) is 59.0 Å². The van der Waals surface area contributed by atoms with E-state index < -0.39 is 0 Å². The van der Waals surface area contributed by atoms with Crippen molar-refractivity contribution < 1.29 is 13.9 Å². The molecule has 3 aromatic rings. The fourth-order valence-electron chi connectivity index (χ4n) is 3.42. The van der Waals surface area contributed by atoms with E-state index in [1.165, 1.54) is 5.56 Å². The molecule has 1 atom stereocenters. The van der Waals surface area contributed by atoms with E-state index in [0.29, 0.717) is 17.4 Å². The van der Waals surface area contributed by atoms with E-state index in [1.54, 1.807) is 12.1 Å². The van der Waals surface area contributed by atoms with Gasteiger partial charge in [-0.3, -0.25) is 4.79 Å². The second-order valence-corrected chi connectivity index (χ2v) is 8.10. The number of aryl methyl sites for hydroxylation is 2. The van der Waals surface area contributed by atoms with Crippen molar-refractivity contribution in [3.63, 3.8) is 0 Å². The number of ether oxygens (including phenoxy) is 1. The van der Waals surface area contributed by atoms with Crippen molar-refractivity contribution in [2.45, 2.75) is 59.6 Å². The van der Waals surface area contributed by atoms with Crippen molar-refractivity contribution in [1.29, 1.82) is 0 Å². The Morgan fingerprint density at radius 3 is 2.37 bits per heavy atom. The zero-order chi connectivity index (χ0) is 21.7. The van der Waals surface area contributed by atoms with Gasteiger partial charge in [0.25, 0.3) is 5.91 Å². The van der Waals surface area contributed by atoms with E-state index in [0.717, 1.165) is 28.9 Å². The molecule has 4 heteroatoms. The van der Waals surface area contributed by atoms with Crippen LogP contribution >= 0.6 is 0 Å². The molecule has 1 N–H and O–H groups in total. The summed E-state index contributed by atoms with van der Waals surface area (Å²) in [5.41, 5.74) is 4.60. The van der Waals surface area contributed by atoms with Crippen molar-refractivity contribution in [3.8, 4) is 5.75 Å². The third kappa shape index (κ3) is 5.32. The van der Waals surface area contributed by atoms with E-state index in [2.05, 4.69) is 69.4 Å². The maximum atomic E-state index is 12.7. The molecule has 0 saturated carbocycles. The topological polar surface area (TPSA) is 51.5 Å². The standard InChI is InChI=1S/C26H31NO3/c1-6-23(20-10-7-18(4)8-11-20)27-26(28)24-14-12-21(30-24)16-29-25-15-19(5)9-13-22(25)17(2)3/h7-15,17,23H,6,16H2,1-5H3,(H,27,28). The lowest BCUT2D eigenvalue weighted by molar-refractivity contribution is 0.0903. The molecule has 3 rings (SSSR count). The van der Waals surface area contributed by atoms with Gasteiger partial charge in [0.2, 0.25) is 0 Å². The summed E-state index contributed by atoms with van der Waals surface area (Å²) in [5.74, 6) is 1.93. The van der Waals surface area contributed by atoms with Crippen LogP contribution in [0, 0.1) is 13.8 Å². The van der Waals surface area contributed by atoms with Crippen LogP contribution < -0.4 is 10.1 Å². The van der Waals surface area contributed by atoms with Crippen molar-refractivity contribution in [2.24, 2.45) is 0 Å². The van der Waals surface area contributed by atoms with Gasteiger partial charge in [-0.2, -0.15) is 0 Å². The number of carbonyl (C=O) groups is 1. The van der Waals surface area contributed by atoms with Gasteiger partial charge >= 0.3 is 0 Å². The van der Waals surface area contributed by atoms with Crippen molar-refractivity contribution in [2.75, 3.05) is 0 Å². The van der Waals surface area contributed by atoms with Crippen LogP contribution in [0.25, 0.3) is 0 Å². The summed E-state index contributed by atoms with van der Waals surface area (Å²) < 4.78 is 11.8. The van der Waals surface area contributed by atoms with Gasteiger partial charge in [0.05, 0.1) is 6.04 Å². The molecular weight excluding hydrogens is 374 g/mol. The molecule has 30 heavy (non-hydrogen) atoms. The summed E-state index contributed by atoms with van der Waals surface area (Å²) in [4.78, 5) is 12.7. The van der Waals surface area contributed by atoms with Gasteiger partial charge in [0.15, 0.2) is 5.76 Å². The van der Waals surface area contributed by atoms with Crippen LogP contribution in [0.1, 0.15) is 77.7 Å². The van der Waals surface area contributed by atoms with E-state index in [-0.39, 0.29) is 18.6 Å². The second-order valence-electron chi connectivity index (χ2n) is 8.10. The minimum atomic E-state index is -0.216. The number of hydrogen-bond donors (Lipinski definition) is 1. The van der Waals surface area contributed by atoms with E-state index >= 15 is 0 Å². The van der Waals surface area contributed by atoms with Crippen LogP contribution in [-0.4, -0.2) is 5.91 Å². The lowest BCUT2D eigenvalue weighted by atomic mass is 10.0. The normalized spacial score (nSPS) is 12.1. The molecule has 4 nitrogen and oxygen atoms in total. The molecule has 158 valence electrons. The highest BCUT2D eigenvalue weighted by Crippen LogP contribution is 2.28. The number of rotatable bonds is 8. The van der Waals surface area contributed by atoms with Crippen LogP contribution in [0.4, 0.5) is 0 Å². The van der Waals surface area contributed by atoms with E-state index in [1.807, 2.05) is 13.0 Å². The predicted molar refractivity (Wildman–Crippen MR) is 120 cm³/mol. The van der Waals surface area contributed by atoms with Crippen molar-refractivity contribution >= 4 is 5.91 Å². The van der Waals surface area contributed by atoms with Gasteiger partial charge in [-0.1, -0.05) is 62.7 Å². The number of benzene rings is 2. The first-order valence-electron chi connectivity index (χ1n) is 10.6. The third-order valence-electron chi connectivity index (χ3n) is 5.24. The third-order valence-corrected chi connectivity index (χ3v) is 5.24. The summed E-state index contributed by atoms with van der Waals surface area (Å²) in [6.45, 7) is 10.7. The Kier molecular flexibility index (Phi) is 6.99. The maximum Gasteiger partial charge on any atom is 0.287 e. The number of furan rings is 1. The number of hydrogen-bond acceptors (Lipinski definition) is 3. The van der Waals surface area contributed by atoms with Gasteiger partial charge in [-0.15, -0.1) is 0 Å². The molecule has 1 aromatic heterocycles. The highest BCUT2D eigenvalue weighted by Gasteiger charge is 2.17. The lowest BCUT2D eigenvalue weighted by Gasteiger charge is -2.17. The van der Waals surface area contributed by atoms with Gasteiger partial charge in [0, 0.05) is 0 Å². The maximum absolute atomic E-state index is 12.7. The Bertz CT molecular complexity index is 986. The molecule has 0 saturated heterocycles. The molecule has 0 radical (unpaired) electrons. The second kappa shape index (κ2) is 9.66. The molecule has 0 aliphatic heterocycles. The summed E-state index contributed by atoms with van der Waals surface area (Å²) in [7, 11) is 0. The predicted octanol–water partition coefficient (Wildman–Crippen LogP) is 6.48. The summed E-state index contributed by atoms with van der Waals surface area (Å²) in [5, 5.41) is 3.06. The van der Waals surface area contributed by atoms with Crippen LogP contribution in [0.5, 0.6) is 5.75 Å². The number of carbonyl (C=O) groups excluding carboxylic acids is 1. The van der Waals surface area contributed by atoms with Crippen LogP contribution in [0.2, 0.25) is 0 Å². The first-order valence-corrected chi connectivity index (χ1v) is 10.6. The highest BCUT2D eigenvalue weighted by atomic mass is 16.5. The molecule has 0 fully saturated rings. The summed E-state index contributed by atoms with van der Waals surface area (Å²) in [6.07, 6.45) is 0.802.